The van der Waals surface area contributed by atoms with E-state index in [1.54, 1.807) is 36.4 Å². The number of carbonyl (C=O) groups is 4. The number of nitrogens with one attached hydrogen (secondary N) is 2. The van der Waals surface area contributed by atoms with E-state index < -0.39 is 11.9 Å². The van der Waals surface area contributed by atoms with Crippen molar-refractivity contribution in [2.45, 2.75) is 25.7 Å². The third-order valence-corrected chi connectivity index (χ3v) is 13.2. The zero-order valence-electron chi connectivity index (χ0n) is 43.9. The molecule has 2 amide bonds. The first-order valence-corrected chi connectivity index (χ1v) is 25.2. The van der Waals surface area contributed by atoms with Crippen LogP contribution in [0.1, 0.15) is 85.9 Å². The van der Waals surface area contributed by atoms with Crippen LogP contribution in [-0.2, 0) is 25.7 Å². The van der Waals surface area contributed by atoms with Crippen molar-refractivity contribution in [1.82, 2.24) is 25.3 Å². The van der Waals surface area contributed by atoms with Gasteiger partial charge in [-0.2, -0.15) is 0 Å². The minimum atomic E-state index is -0.940. The Hall–Kier alpha value is -8.28. The monoisotopic (exact) mass is 1020 g/mol. The van der Waals surface area contributed by atoms with Gasteiger partial charge in [-0.1, -0.05) is 48.5 Å². The van der Waals surface area contributed by atoms with E-state index in [9.17, 15) is 19.2 Å². The largest absolute Gasteiger partial charge is 0.478 e. The van der Waals surface area contributed by atoms with Crippen LogP contribution in [0, 0.1) is 0 Å². The van der Waals surface area contributed by atoms with Crippen molar-refractivity contribution in [2.24, 2.45) is 25.7 Å². The Labute approximate surface area is 443 Å². The van der Waals surface area contributed by atoms with Gasteiger partial charge in [-0.05, 0) is 160 Å². The Morgan fingerprint density at radius 2 is 0.684 bits per heavy atom. The first kappa shape index (κ1) is 54.0. The Balaban J connectivity index is 0.000000187. The number of aromatic carboxylic acids is 2. The second-order valence-corrected chi connectivity index (χ2v) is 19.8. The molecule has 0 saturated carbocycles. The fourth-order valence-corrected chi connectivity index (χ4v) is 8.98. The molecule has 0 spiro atoms. The Bertz CT molecular complexity index is 3090. The third-order valence-electron chi connectivity index (χ3n) is 13.2. The first-order chi connectivity index (χ1) is 36.5. The number of nitrogens with two attached hydrogens (primary N) is 1. The van der Waals surface area contributed by atoms with Crippen molar-refractivity contribution in [2.75, 3.05) is 81.6 Å². The maximum absolute atomic E-state index is 12.5. The molecule has 0 aliphatic carbocycles. The van der Waals surface area contributed by atoms with Crippen molar-refractivity contribution >= 4 is 69.3 Å². The van der Waals surface area contributed by atoms with Gasteiger partial charge in [0.05, 0.1) is 56.7 Å². The van der Waals surface area contributed by atoms with Gasteiger partial charge in [0.2, 0.25) is 0 Å². The molecule has 4 heterocycles. The summed E-state index contributed by atoms with van der Waals surface area (Å²) >= 11 is 0. The highest BCUT2D eigenvalue weighted by Gasteiger charge is 2.23. The Morgan fingerprint density at radius 3 is 0.921 bits per heavy atom. The summed E-state index contributed by atoms with van der Waals surface area (Å²) in [6, 6.07) is 37.8. The maximum Gasteiger partial charge on any atom is 0.335 e. The van der Waals surface area contributed by atoms with Crippen LogP contribution in [0.4, 0.5) is 22.7 Å². The van der Waals surface area contributed by atoms with Gasteiger partial charge in [0.15, 0.2) is 0 Å². The lowest BCUT2D eigenvalue weighted by Crippen LogP contribution is -2.31. The second kappa shape index (κ2) is 24.4. The highest BCUT2D eigenvalue weighted by Crippen LogP contribution is 2.34. The fourth-order valence-electron chi connectivity index (χ4n) is 8.98. The number of nitrogens with zero attached hydrogens (tertiary/aromatic N) is 7. The number of carboxylic acids is 2. The molecule has 390 valence electrons. The molecule has 16 heteroatoms. The van der Waals surface area contributed by atoms with E-state index in [1.807, 2.05) is 113 Å². The zero-order chi connectivity index (χ0) is 54.0. The lowest BCUT2D eigenvalue weighted by atomic mass is 9.98. The van der Waals surface area contributed by atoms with Gasteiger partial charge in [0.1, 0.15) is 0 Å². The first-order valence-electron chi connectivity index (χ1n) is 25.2. The highest BCUT2D eigenvalue weighted by atomic mass is 16.4. The lowest BCUT2D eigenvalue weighted by molar-refractivity contribution is 0.0686. The number of carboxylic acid groups (broad SMARTS) is 2. The zero-order valence-corrected chi connectivity index (χ0v) is 43.9. The van der Waals surface area contributed by atoms with Gasteiger partial charge in [-0.3, -0.25) is 29.6 Å². The lowest BCUT2D eigenvalue weighted by Gasteiger charge is -2.10. The number of aliphatic imine (C=N–C) groups is 4. The molecule has 0 saturated heterocycles. The van der Waals surface area contributed by atoms with Gasteiger partial charge < -0.3 is 41.3 Å². The fraction of sp³-hybridized carbons (Fsp3) is 0.267. The average molecular weight is 1020 g/mol. The number of rotatable bonds is 16. The molecule has 0 aromatic heterocycles. The van der Waals surface area contributed by atoms with Crippen molar-refractivity contribution in [3.8, 4) is 0 Å². The molecule has 6 aromatic carbocycles. The molecule has 4 aliphatic rings. The summed E-state index contributed by atoms with van der Waals surface area (Å²) in [6.07, 6.45) is 2.58. The molecule has 10 rings (SSSR count). The average Bonchev–Trinajstić information content (AvgIpc) is 4.24. The predicted octanol–water partition coefficient (Wildman–Crippen LogP) is 7.57. The second-order valence-electron chi connectivity index (χ2n) is 19.8. The van der Waals surface area contributed by atoms with Gasteiger partial charge in [0.25, 0.3) is 11.8 Å². The summed E-state index contributed by atoms with van der Waals surface area (Å²) in [5, 5.41) is 24.3. The molecule has 6 N–H and O–H groups in total. The van der Waals surface area contributed by atoms with Crippen LogP contribution < -0.4 is 16.4 Å². The van der Waals surface area contributed by atoms with Crippen molar-refractivity contribution in [3.05, 3.63) is 188 Å². The number of fused-ring (bicyclic) bond motifs is 4. The third kappa shape index (κ3) is 13.5. The summed E-state index contributed by atoms with van der Waals surface area (Å²) in [5.41, 5.74) is 22.4. The summed E-state index contributed by atoms with van der Waals surface area (Å²) in [5.74, 6) is -2.00. The van der Waals surface area contributed by atoms with E-state index in [4.69, 9.17) is 25.9 Å². The number of hydrogen-bond donors (Lipinski definition) is 5. The van der Waals surface area contributed by atoms with E-state index in [1.165, 1.54) is 0 Å². The normalized spacial score (nSPS) is 13.5. The van der Waals surface area contributed by atoms with Crippen LogP contribution >= 0.6 is 0 Å². The molecule has 0 radical (unpaired) electrons. The van der Waals surface area contributed by atoms with Crippen molar-refractivity contribution in [3.63, 3.8) is 0 Å². The van der Waals surface area contributed by atoms with Crippen LogP contribution in [-0.4, -0.2) is 153 Å². The molecular formula is C60H64N10O6. The molecule has 0 bridgehead atoms. The van der Waals surface area contributed by atoms with E-state index in [0.717, 1.165) is 116 Å². The predicted molar refractivity (Wildman–Crippen MR) is 302 cm³/mol. The Morgan fingerprint density at radius 1 is 0.421 bits per heavy atom. The van der Waals surface area contributed by atoms with Crippen LogP contribution in [0.2, 0.25) is 0 Å². The smallest absolute Gasteiger partial charge is 0.335 e. The van der Waals surface area contributed by atoms with Crippen molar-refractivity contribution < 1.29 is 29.4 Å². The summed E-state index contributed by atoms with van der Waals surface area (Å²) in [4.78, 5) is 72.5. The van der Waals surface area contributed by atoms with E-state index in [0.29, 0.717) is 49.9 Å². The van der Waals surface area contributed by atoms with Gasteiger partial charge in [-0.15, -0.1) is 0 Å². The minimum absolute atomic E-state index is 0.0575. The standard InChI is InChI=1S/C32H36N6O2.C24H16N2O4.C4H12N2/c1-37(2)15-13-33-31(39)23-9-11-27-25(17-23)19-29(35-27)21-5-7-22(8-6-21)30-20-26-18-24(10-12-28(26)36-30)32(40)34-14-16-38(3)4;27-23(28)15-5-7-19-17(9-15)11-21(25-19)13-1-2-14(4-3-13)22-12-18-10-16(24(29)30)6-8-20(18)26-22;1-6(2)4-3-5/h5-12,17-18H,13-16,19-20H2,1-4H3,(H,33,39)(H,34,40);1-10H,11-12H2,(H,27,28)(H,29,30);3-5H2,1-2H3. The van der Waals surface area contributed by atoms with E-state index >= 15 is 0 Å². The van der Waals surface area contributed by atoms with E-state index in [-0.39, 0.29) is 22.9 Å². The Kier molecular flexibility index (Phi) is 17.3. The van der Waals surface area contributed by atoms with Gasteiger partial charge >= 0.3 is 11.9 Å². The number of hydrogen-bond acceptors (Lipinski definition) is 12. The van der Waals surface area contributed by atoms with Crippen LogP contribution in [0.25, 0.3) is 0 Å². The number of amides is 2. The molecule has 0 atom stereocenters. The summed E-state index contributed by atoms with van der Waals surface area (Å²) in [7, 11) is 12.0. The highest BCUT2D eigenvalue weighted by molar-refractivity contribution is 6.11. The molecule has 0 fully saturated rings. The van der Waals surface area contributed by atoms with Gasteiger partial charge in [0, 0.05) is 76.1 Å². The molecule has 76 heavy (non-hydrogen) atoms. The van der Waals surface area contributed by atoms with E-state index in [2.05, 4.69) is 49.8 Å². The number of benzene rings is 6. The SMILES string of the molecule is CN(C)CCN.CN(C)CCNC(=O)c1ccc2c(c1)CC(c1ccc(C3=Nc4ccc(C(=O)NCCN(C)C)cc4C3)cc1)=N2.O=C(O)c1ccc2c(c1)CC(c1ccc(C3=Nc4ccc(C(=O)O)cc4C3)cc1)=N2. The summed E-state index contributed by atoms with van der Waals surface area (Å²) < 4.78 is 0. The topological polar surface area (TPSA) is 218 Å². The van der Waals surface area contributed by atoms with Gasteiger partial charge in [-0.25, -0.2) is 9.59 Å². The van der Waals surface area contributed by atoms with Crippen LogP contribution in [0.5, 0.6) is 0 Å². The molecule has 4 aliphatic heterocycles. The maximum atomic E-state index is 12.5. The van der Waals surface area contributed by atoms with Crippen LogP contribution in [0.3, 0.4) is 0 Å². The number of likely N-dealkylation sites (N-methyl/N-ethyl adjacent to an activating group) is 3. The van der Waals surface area contributed by atoms with Crippen LogP contribution in [0.15, 0.2) is 141 Å². The summed E-state index contributed by atoms with van der Waals surface area (Å²) in [6.45, 7) is 4.57. The number of carbonyl (C=O) groups excluding carboxylic acids is 2. The minimum Gasteiger partial charge on any atom is -0.478 e. The van der Waals surface area contributed by atoms with Crippen molar-refractivity contribution in [1.29, 1.82) is 0 Å². The molecule has 16 nitrogen and oxygen atoms in total. The molecular weight excluding hydrogens is 957 g/mol. The quantitative estimate of drug-likeness (QED) is 0.0641. The molecule has 0 unspecified atom stereocenters. The molecule has 6 aromatic rings.